The second-order valence-corrected chi connectivity index (χ2v) is 7.45. The molecule has 2 amide bonds. The number of carbonyl (C=O) groups is 2. The van der Waals surface area contributed by atoms with Gasteiger partial charge in [-0.05, 0) is 41.6 Å². The van der Waals surface area contributed by atoms with Crippen molar-refractivity contribution in [2.24, 2.45) is 0 Å². The number of anilines is 2. The highest BCUT2D eigenvalue weighted by Gasteiger charge is 2.36. The minimum atomic E-state index is -0.439. The van der Waals surface area contributed by atoms with Crippen LogP contribution in [0.25, 0.3) is 6.08 Å². The van der Waals surface area contributed by atoms with Crippen molar-refractivity contribution >= 4 is 46.0 Å². The zero-order chi connectivity index (χ0) is 20.4. The molecule has 9 heteroatoms. The Morgan fingerprint density at radius 2 is 1.79 bits per heavy atom. The van der Waals surface area contributed by atoms with Crippen LogP contribution in [0, 0.1) is 10.1 Å². The lowest BCUT2D eigenvalue weighted by Crippen LogP contribution is -2.36. The first-order chi connectivity index (χ1) is 14.0. The normalized spacial score (nSPS) is 18.6. The van der Waals surface area contributed by atoms with E-state index in [1.807, 2.05) is 4.90 Å². The van der Waals surface area contributed by atoms with Gasteiger partial charge in [0.25, 0.3) is 16.8 Å². The molecule has 0 saturated carbocycles. The van der Waals surface area contributed by atoms with E-state index < -0.39 is 16.1 Å². The second kappa shape index (κ2) is 8.06. The van der Waals surface area contributed by atoms with Crippen molar-refractivity contribution in [2.45, 2.75) is 0 Å². The van der Waals surface area contributed by atoms with Gasteiger partial charge in [0.2, 0.25) is 0 Å². The fourth-order valence-electron chi connectivity index (χ4n) is 3.27. The predicted octanol–water partition coefficient (Wildman–Crippen LogP) is 3.67. The molecule has 0 spiro atoms. The summed E-state index contributed by atoms with van der Waals surface area (Å²) in [6.45, 7) is 2.20. The summed E-state index contributed by atoms with van der Waals surface area (Å²) in [6.07, 6.45) is 1.52. The van der Waals surface area contributed by atoms with Crippen molar-refractivity contribution < 1.29 is 19.2 Å². The minimum Gasteiger partial charge on any atom is -0.378 e. The molecule has 8 nitrogen and oxygen atoms in total. The van der Waals surface area contributed by atoms with E-state index in [0.717, 1.165) is 16.7 Å². The fraction of sp³-hybridized carbons (Fsp3) is 0.200. The summed E-state index contributed by atoms with van der Waals surface area (Å²) in [6, 6.07) is 13.5. The first-order valence-corrected chi connectivity index (χ1v) is 9.80. The molecule has 0 bridgehead atoms. The smallest absolute Gasteiger partial charge is 0.298 e. The quantitative estimate of drug-likeness (QED) is 0.430. The lowest BCUT2D eigenvalue weighted by molar-refractivity contribution is -0.384. The molecule has 2 saturated heterocycles. The third kappa shape index (κ3) is 3.87. The summed E-state index contributed by atoms with van der Waals surface area (Å²) in [4.78, 5) is 39.4. The lowest BCUT2D eigenvalue weighted by atomic mass is 10.1. The van der Waals surface area contributed by atoms with Gasteiger partial charge in [0.05, 0.1) is 28.7 Å². The van der Waals surface area contributed by atoms with E-state index in [1.165, 1.54) is 12.1 Å². The molecule has 148 valence electrons. The molecule has 29 heavy (non-hydrogen) atoms. The van der Waals surface area contributed by atoms with Crippen molar-refractivity contribution in [2.75, 3.05) is 36.1 Å². The zero-order valence-electron chi connectivity index (χ0n) is 15.3. The Labute approximate surface area is 170 Å². The molecule has 0 atom stereocenters. The van der Waals surface area contributed by atoms with Crippen LogP contribution in [0.3, 0.4) is 0 Å². The van der Waals surface area contributed by atoms with E-state index in [2.05, 4.69) is 0 Å². The maximum Gasteiger partial charge on any atom is 0.298 e. The van der Waals surface area contributed by atoms with Crippen molar-refractivity contribution in [1.29, 1.82) is 0 Å². The Morgan fingerprint density at radius 3 is 2.48 bits per heavy atom. The number of nitrogens with zero attached hydrogens (tertiary/aromatic N) is 3. The number of carbonyl (C=O) groups excluding carboxylic acids is 2. The molecule has 0 unspecified atom stereocenters. The fourth-order valence-corrected chi connectivity index (χ4v) is 4.11. The number of hydrogen-bond donors (Lipinski definition) is 0. The predicted molar refractivity (Wildman–Crippen MR) is 111 cm³/mol. The van der Waals surface area contributed by atoms with Gasteiger partial charge in [-0.2, -0.15) is 0 Å². The van der Waals surface area contributed by atoms with Crippen LogP contribution < -0.4 is 9.80 Å². The number of morpholine rings is 1. The van der Waals surface area contributed by atoms with Crippen molar-refractivity contribution in [3.63, 3.8) is 0 Å². The maximum absolute atomic E-state index is 12.7. The molecular formula is C20H17N3O5S. The molecule has 2 aliphatic heterocycles. The molecule has 0 radical (unpaired) electrons. The topological polar surface area (TPSA) is 93.0 Å². The Hall–Kier alpha value is -3.17. The molecule has 2 aliphatic rings. The number of para-hydroxylation sites is 1. The largest absolute Gasteiger partial charge is 0.378 e. The highest BCUT2D eigenvalue weighted by atomic mass is 32.2. The summed E-state index contributed by atoms with van der Waals surface area (Å²) in [7, 11) is 0. The lowest BCUT2D eigenvalue weighted by Gasteiger charge is -2.28. The van der Waals surface area contributed by atoms with E-state index in [9.17, 15) is 19.7 Å². The second-order valence-electron chi connectivity index (χ2n) is 6.46. The molecule has 4 rings (SSSR count). The van der Waals surface area contributed by atoms with Gasteiger partial charge in [-0.1, -0.05) is 24.3 Å². The van der Waals surface area contributed by atoms with E-state index in [0.29, 0.717) is 43.2 Å². The number of rotatable bonds is 4. The number of nitro groups is 1. The SMILES string of the molecule is O=C1S/C(=C/c2ccc(N3CCOCC3)c([N+](=O)[O-])c2)C(=O)N1c1ccccc1. The van der Waals surface area contributed by atoms with Crippen molar-refractivity contribution in [3.05, 3.63) is 69.1 Å². The summed E-state index contributed by atoms with van der Waals surface area (Å²) in [5.74, 6) is -0.439. The number of thioether (sulfide) groups is 1. The van der Waals surface area contributed by atoms with Gasteiger partial charge in [-0.15, -0.1) is 0 Å². The molecule has 0 aromatic heterocycles. The third-order valence-electron chi connectivity index (χ3n) is 4.65. The van der Waals surface area contributed by atoms with Crippen LogP contribution in [0.15, 0.2) is 53.4 Å². The van der Waals surface area contributed by atoms with Crippen LogP contribution in [-0.2, 0) is 9.53 Å². The van der Waals surface area contributed by atoms with Crippen LogP contribution in [0.4, 0.5) is 21.9 Å². The summed E-state index contributed by atoms with van der Waals surface area (Å²) in [5.41, 5.74) is 1.47. The van der Waals surface area contributed by atoms with E-state index in [1.54, 1.807) is 42.5 Å². The number of benzene rings is 2. The molecule has 2 aromatic carbocycles. The zero-order valence-corrected chi connectivity index (χ0v) is 16.1. The highest BCUT2D eigenvalue weighted by Crippen LogP contribution is 2.37. The molecule has 2 heterocycles. The van der Waals surface area contributed by atoms with Crippen LogP contribution in [-0.4, -0.2) is 42.4 Å². The average Bonchev–Trinajstić information content (AvgIpc) is 3.02. The molecular weight excluding hydrogens is 394 g/mol. The van der Waals surface area contributed by atoms with Gasteiger partial charge < -0.3 is 9.64 Å². The first kappa shape index (κ1) is 19.2. The van der Waals surface area contributed by atoms with Gasteiger partial charge in [-0.25, -0.2) is 4.90 Å². The van der Waals surface area contributed by atoms with Crippen LogP contribution in [0.5, 0.6) is 0 Å². The molecule has 2 aromatic rings. The first-order valence-electron chi connectivity index (χ1n) is 8.99. The molecule has 0 aliphatic carbocycles. The number of nitro benzene ring substituents is 1. The molecule has 0 N–H and O–H groups in total. The van der Waals surface area contributed by atoms with Gasteiger partial charge in [0.1, 0.15) is 5.69 Å². The Kier molecular flexibility index (Phi) is 5.32. The number of amides is 2. The third-order valence-corrected chi connectivity index (χ3v) is 5.52. The maximum atomic E-state index is 12.7. The van der Waals surface area contributed by atoms with E-state index in [4.69, 9.17) is 4.74 Å². The standard InChI is InChI=1S/C20H17N3O5S/c24-19-18(29-20(25)22(19)15-4-2-1-3-5-15)13-14-6-7-16(17(12-14)23(26)27)21-8-10-28-11-9-21/h1-7,12-13H,8-11H2/b18-13+. The summed E-state index contributed by atoms with van der Waals surface area (Å²) >= 11 is 0.820. The number of hydrogen-bond acceptors (Lipinski definition) is 7. The van der Waals surface area contributed by atoms with Gasteiger partial charge in [0.15, 0.2) is 0 Å². The van der Waals surface area contributed by atoms with E-state index >= 15 is 0 Å². The van der Waals surface area contributed by atoms with Crippen molar-refractivity contribution in [1.82, 2.24) is 0 Å². The molecule has 2 fully saturated rings. The monoisotopic (exact) mass is 411 g/mol. The average molecular weight is 411 g/mol. The Morgan fingerprint density at radius 1 is 1.07 bits per heavy atom. The Balaban J connectivity index is 1.64. The minimum absolute atomic E-state index is 0.0389. The number of ether oxygens (including phenoxy) is 1. The van der Waals surface area contributed by atoms with Crippen molar-refractivity contribution in [3.8, 4) is 0 Å². The summed E-state index contributed by atoms with van der Waals surface area (Å²) < 4.78 is 5.30. The van der Waals surface area contributed by atoms with Crippen LogP contribution in [0.2, 0.25) is 0 Å². The number of imide groups is 1. The highest BCUT2D eigenvalue weighted by molar-refractivity contribution is 8.19. The summed E-state index contributed by atoms with van der Waals surface area (Å²) in [5, 5.41) is 11.2. The van der Waals surface area contributed by atoms with E-state index in [-0.39, 0.29) is 10.6 Å². The van der Waals surface area contributed by atoms with Gasteiger partial charge >= 0.3 is 0 Å². The van der Waals surface area contributed by atoms with Gasteiger partial charge in [-0.3, -0.25) is 19.7 Å². The van der Waals surface area contributed by atoms with Gasteiger partial charge in [0, 0.05) is 19.2 Å². The van der Waals surface area contributed by atoms with Crippen LogP contribution in [0.1, 0.15) is 5.56 Å². The van der Waals surface area contributed by atoms with Crippen LogP contribution >= 0.6 is 11.8 Å². The Bertz CT molecular complexity index is 1000.